The van der Waals surface area contributed by atoms with Crippen LogP contribution >= 0.6 is 45.3 Å². The number of hydrogen-bond acceptors (Lipinski definition) is 20. The number of thiophene rings is 4. The maximum atomic E-state index is 11.2. The normalized spacial score (nSPS) is 10.9. The van der Waals surface area contributed by atoms with Crippen molar-refractivity contribution in [3.8, 4) is 45.9 Å². The minimum atomic E-state index is -0.492. The number of carbonyl (C=O) groups is 5. The summed E-state index contributed by atoms with van der Waals surface area (Å²) >= 11 is 5.58. The number of nitrogens with two attached hydrogens (primary N) is 6. The van der Waals surface area contributed by atoms with E-state index in [0.29, 0.717) is 31.3 Å². The van der Waals surface area contributed by atoms with Crippen LogP contribution in [-0.2, 0) is 6.42 Å². The lowest BCUT2D eigenvalue weighted by Gasteiger charge is -2.05. The van der Waals surface area contributed by atoms with E-state index in [1.165, 1.54) is 51.5 Å². The Balaban J connectivity index is 0.000000113. The molecule has 0 saturated heterocycles. The molecule has 125 heavy (non-hydrogen) atoms. The van der Waals surface area contributed by atoms with Gasteiger partial charge in [-0.05, 0) is 165 Å². The van der Waals surface area contributed by atoms with Crippen molar-refractivity contribution in [3.05, 3.63) is 362 Å². The number of oxime groups is 1. The molecule has 5 amide bonds. The van der Waals surface area contributed by atoms with Crippen LogP contribution in [0.5, 0.6) is 0 Å². The molecule has 12 heterocycles. The number of amidine groups is 1. The average molecular weight is 1730 g/mol. The second-order valence-electron chi connectivity index (χ2n) is 27.3. The summed E-state index contributed by atoms with van der Waals surface area (Å²) in [5.41, 5.74) is 53.4. The van der Waals surface area contributed by atoms with Crippen molar-refractivity contribution in [2.75, 3.05) is 0 Å². The van der Waals surface area contributed by atoms with Gasteiger partial charge in [0.15, 0.2) is 5.84 Å². The van der Waals surface area contributed by atoms with Gasteiger partial charge < -0.3 is 39.6 Å². The Hall–Kier alpha value is -16.7. The standard InChI is InChI=1S/C14H13N3OS.2C14H11N3O.C13H10N4O.C13H11N3OS.C12H10N4OS.C12H7N3S/c1-2-13-16-10-5-3-4-6-11(10)17(13)9-7-12(14(15)18)19-8-9;15-14(18)10-4-3-5-11(8-10)17-9-16-12-6-1-2-7-13(12)17;15-14(18)10-5-7-11(8-6-10)17-9-16-12-3-1-2-4-13(12)17;14-13(18)9-5-10(7-15-6-9)17-8-16-11-3-1-2-4-12(11)17;1-8-15-10-4-2-3-5-11(10)16(8)9-6-12(13(14)17)18-7-9;13-12(15-17)11-5-8(6-18-11)16-7-14-9-3-1-2-4-10(9)16;13-6-10-5-9(7-16-10)15-8-14-11-3-1-2-4-12(11)15/h3-8H,2H2,1H3,(H2,15,18);2*1-9H,(H2,15,18);1-8H,(H2,14,18);2-7H,1H3,(H2,14,17);1-7,17H,(H2,13,15);1-5,7-8H. The number of pyridine rings is 1. The maximum absolute atomic E-state index is 11.2. The Bertz CT molecular complexity index is 7460. The molecule has 0 aliphatic rings. The number of rotatable bonds is 14. The molecule has 0 fully saturated rings. The fourth-order valence-corrected chi connectivity index (χ4v) is 16.4. The van der Waals surface area contributed by atoms with Gasteiger partial charge >= 0.3 is 0 Å². The topological polar surface area (TPSA) is 435 Å². The quantitative estimate of drug-likeness (QED) is 0.0230. The number of fused-ring (bicyclic) bond motifs is 7. The highest BCUT2D eigenvalue weighted by atomic mass is 32.1. The maximum Gasteiger partial charge on any atom is 0.258 e. The van der Waals surface area contributed by atoms with Gasteiger partial charge in [0.1, 0.15) is 54.2 Å². The number of hydrogen-bond donors (Lipinski definition) is 7. The van der Waals surface area contributed by atoms with Gasteiger partial charge in [0.05, 0.1) is 132 Å². The molecule has 0 atom stereocenters. The van der Waals surface area contributed by atoms with Crippen LogP contribution in [0.3, 0.4) is 0 Å². The fraction of sp³-hybridized carbons (Fsp3) is 0.0326. The Morgan fingerprint density at radius 2 is 0.736 bits per heavy atom. The van der Waals surface area contributed by atoms with E-state index in [2.05, 4.69) is 62.6 Å². The monoisotopic (exact) mass is 1720 g/mol. The largest absolute Gasteiger partial charge is 0.409 e. The lowest BCUT2D eigenvalue weighted by molar-refractivity contribution is 0.0991. The van der Waals surface area contributed by atoms with E-state index in [4.69, 9.17) is 44.9 Å². The SMILES string of the molecule is CCc1nc2ccccc2n1-c1csc(C(N)=O)c1.Cc1nc2ccccc2n1-c1csc(C(N)=O)c1.N#Cc1cc(-n2cnc3ccccc32)cs1.NC(=NO)c1cc(-n2cnc3ccccc32)cs1.NC(=O)c1ccc(-n2cnc3ccccc32)cc1.NC(=O)c1cccc(-n2cnc3ccccc32)c1.NC(=O)c1cncc(-n2cnc3ccccc32)c1. The van der Waals surface area contributed by atoms with Crippen molar-refractivity contribution in [2.24, 2.45) is 39.6 Å². The summed E-state index contributed by atoms with van der Waals surface area (Å²) in [5.74, 6) is -0.130. The highest BCUT2D eigenvalue weighted by molar-refractivity contribution is 7.13. The second kappa shape index (κ2) is 37.7. The Kier molecular flexibility index (Phi) is 25.2. The van der Waals surface area contributed by atoms with Crippen LogP contribution in [-0.4, -0.2) is 112 Å². The first-order chi connectivity index (χ1) is 60.8. The zero-order chi connectivity index (χ0) is 87.2. The number of amides is 5. The molecular weight excluding hydrogens is 1650 g/mol. The summed E-state index contributed by atoms with van der Waals surface area (Å²) < 4.78 is 13.8. The summed E-state index contributed by atoms with van der Waals surface area (Å²) in [5, 5.41) is 28.2. The predicted octanol–water partition coefficient (Wildman–Crippen LogP) is 16.2. The molecule has 0 aliphatic heterocycles. The summed E-state index contributed by atoms with van der Waals surface area (Å²) in [6.45, 7) is 4.01. The number of aryl methyl sites for hydroxylation is 2. The number of imidazole rings is 7. The zero-order valence-corrected chi connectivity index (χ0v) is 69.7. The lowest BCUT2D eigenvalue weighted by atomic mass is 10.2. The van der Waals surface area contributed by atoms with Crippen LogP contribution < -0.4 is 34.4 Å². The van der Waals surface area contributed by atoms with Crippen LogP contribution in [0.4, 0.5) is 0 Å². The van der Waals surface area contributed by atoms with Crippen molar-refractivity contribution in [1.82, 2.24) is 71.8 Å². The number of carbonyl (C=O) groups excluding carboxylic acids is 5. The summed E-state index contributed by atoms with van der Waals surface area (Å²) in [6, 6.07) is 80.7. The zero-order valence-electron chi connectivity index (χ0n) is 66.4. The minimum absolute atomic E-state index is 0.121. The number of nitriles is 1. The first kappa shape index (κ1) is 83.4. The number of benzene rings is 9. The molecule has 33 heteroatoms. The first-order valence-electron chi connectivity index (χ1n) is 38.2. The van der Waals surface area contributed by atoms with Gasteiger partial charge in [-0.3, -0.25) is 60.9 Å². The van der Waals surface area contributed by atoms with E-state index < -0.39 is 29.5 Å². The van der Waals surface area contributed by atoms with Gasteiger partial charge in [0.2, 0.25) is 17.7 Å². The number of nitrogens with zero attached hydrogens (tertiary/aromatic N) is 17. The third-order valence-electron chi connectivity index (χ3n) is 19.4. The Morgan fingerprint density at radius 3 is 1.18 bits per heavy atom. The van der Waals surface area contributed by atoms with Crippen LogP contribution in [0.2, 0.25) is 0 Å². The van der Waals surface area contributed by atoms with E-state index in [-0.39, 0.29) is 5.84 Å². The van der Waals surface area contributed by atoms with Gasteiger partial charge in [0.25, 0.3) is 11.8 Å². The summed E-state index contributed by atoms with van der Waals surface area (Å²) in [7, 11) is 0. The van der Waals surface area contributed by atoms with Crippen LogP contribution in [0.25, 0.3) is 117 Å². The Morgan fingerprint density at radius 1 is 0.360 bits per heavy atom. The molecule has 0 saturated carbocycles. The third-order valence-corrected chi connectivity index (χ3v) is 23.1. The second-order valence-corrected chi connectivity index (χ2v) is 31.0. The molecule has 21 aromatic rings. The lowest BCUT2D eigenvalue weighted by Crippen LogP contribution is -2.11. The van der Waals surface area contributed by atoms with Crippen molar-refractivity contribution < 1.29 is 29.2 Å². The number of aromatic nitrogens is 15. The van der Waals surface area contributed by atoms with Crippen molar-refractivity contribution in [3.63, 3.8) is 0 Å². The van der Waals surface area contributed by atoms with E-state index in [1.54, 1.807) is 74.2 Å². The average Bonchev–Trinajstić information content (AvgIpc) is 1.17. The number of para-hydroxylation sites is 14. The molecule has 29 nitrogen and oxygen atoms in total. The molecule has 0 unspecified atom stereocenters. The molecule has 0 aliphatic carbocycles. The Labute approximate surface area is 727 Å². The van der Waals surface area contributed by atoms with Gasteiger partial charge in [-0.2, -0.15) is 5.26 Å². The molecule has 12 aromatic heterocycles. The molecule has 616 valence electrons. The molecule has 0 radical (unpaired) electrons. The van der Waals surface area contributed by atoms with Gasteiger partial charge in [0, 0.05) is 56.6 Å². The summed E-state index contributed by atoms with van der Waals surface area (Å²) in [6.07, 6.45) is 12.7. The highest BCUT2D eigenvalue weighted by Gasteiger charge is 2.18. The van der Waals surface area contributed by atoms with E-state index in [9.17, 15) is 24.0 Å². The van der Waals surface area contributed by atoms with Gasteiger partial charge in [-0.15, -0.1) is 45.3 Å². The fourth-order valence-electron chi connectivity index (χ4n) is 13.5. The smallest absolute Gasteiger partial charge is 0.258 e. The van der Waals surface area contributed by atoms with Crippen molar-refractivity contribution >= 4 is 158 Å². The molecule has 0 spiro atoms. The van der Waals surface area contributed by atoms with Crippen molar-refractivity contribution in [2.45, 2.75) is 20.3 Å². The van der Waals surface area contributed by atoms with Crippen LogP contribution in [0, 0.1) is 18.3 Å². The third kappa shape index (κ3) is 18.6. The van der Waals surface area contributed by atoms with Crippen molar-refractivity contribution in [1.29, 1.82) is 5.26 Å². The van der Waals surface area contributed by atoms with Gasteiger partial charge in [-0.25, -0.2) is 34.9 Å². The molecule has 21 rings (SSSR count). The van der Waals surface area contributed by atoms with E-state index in [0.717, 1.165) is 140 Å². The summed E-state index contributed by atoms with van der Waals surface area (Å²) in [4.78, 5) is 93.0. The molecule has 9 aromatic carbocycles. The minimum Gasteiger partial charge on any atom is -0.409 e. The molecule has 0 bridgehead atoms. The predicted molar refractivity (Wildman–Crippen MR) is 491 cm³/mol. The van der Waals surface area contributed by atoms with Crippen LogP contribution in [0.15, 0.2) is 319 Å². The number of primary amides is 5. The van der Waals surface area contributed by atoms with Crippen LogP contribution in [0.1, 0.15) is 78.7 Å². The van der Waals surface area contributed by atoms with E-state index in [1.807, 2.05) is 268 Å². The molecular formula is C92H73N23O6S4. The van der Waals surface area contributed by atoms with E-state index >= 15 is 0 Å². The highest BCUT2D eigenvalue weighted by Crippen LogP contribution is 2.31. The van der Waals surface area contributed by atoms with Gasteiger partial charge in [-0.1, -0.05) is 103 Å². The first-order valence-corrected chi connectivity index (χ1v) is 41.7. The molecule has 13 N–H and O–H groups in total.